The fourth-order valence-electron chi connectivity index (χ4n) is 2.22. The predicted octanol–water partition coefficient (Wildman–Crippen LogP) is 4.38. The number of rotatable bonds is 3. The lowest BCUT2D eigenvalue weighted by atomic mass is 10.0. The smallest absolute Gasteiger partial charge is 0.156 e. The predicted molar refractivity (Wildman–Crippen MR) is 84.1 cm³/mol. The summed E-state index contributed by atoms with van der Waals surface area (Å²) in [7, 11) is 0. The molecule has 0 fully saturated rings. The van der Waals surface area contributed by atoms with E-state index in [4.69, 9.17) is 11.6 Å². The van der Waals surface area contributed by atoms with E-state index < -0.39 is 0 Å². The maximum atomic E-state index is 5.94. The highest BCUT2D eigenvalue weighted by molar-refractivity contribution is 6.30. The van der Waals surface area contributed by atoms with Crippen LogP contribution in [0.15, 0.2) is 48.5 Å². The van der Waals surface area contributed by atoms with E-state index in [0.717, 1.165) is 39.4 Å². The highest BCUT2D eigenvalue weighted by Crippen LogP contribution is 2.30. The molecule has 4 heteroatoms. The molecule has 0 saturated carbocycles. The summed E-state index contributed by atoms with van der Waals surface area (Å²) in [5.74, 6) is 0.820. The number of fused-ring (bicyclic) bond motifs is 1. The average molecular weight is 284 g/mol. The molecule has 3 nitrogen and oxygen atoms in total. The fraction of sp³-hybridized carbons (Fsp3) is 0.125. The number of halogens is 1. The number of nitrogens with zero attached hydrogens (tertiary/aromatic N) is 2. The van der Waals surface area contributed by atoms with Crippen molar-refractivity contribution in [3.8, 4) is 11.3 Å². The van der Waals surface area contributed by atoms with Gasteiger partial charge in [-0.05, 0) is 19.1 Å². The molecule has 0 atom stereocenters. The largest absolute Gasteiger partial charge is 0.368 e. The first-order chi connectivity index (χ1) is 9.79. The molecular formula is C16H14ClN3. The van der Waals surface area contributed by atoms with Crippen molar-refractivity contribution in [2.75, 3.05) is 11.9 Å². The molecule has 3 rings (SSSR count). The van der Waals surface area contributed by atoms with E-state index in [1.807, 2.05) is 43.3 Å². The van der Waals surface area contributed by atoms with Crippen LogP contribution in [-0.2, 0) is 0 Å². The normalized spacial score (nSPS) is 10.7. The van der Waals surface area contributed by atoms with Crippen LogP contribution in [0.5, 0.6) is 0 Å². The molecule has 100 valence electrons. The second-order valence-corrected chi connectivity index (χ2v) is 4.92. The van der Waals surface area contributed by atoms with Gasteiger partial charge in [0, 0.05) is 27.9 Å². The second kappa shape index (κ2) is 5.47. The van der Waals surface area contributed by atoms with Gasteiger partial charge >= 0.3 is 0 Å². The van der Waals surface area contributed by atoms with Gasteiger partial charge in [0.15, 0.2) is 5.82 Å². The Hall–Kier alpha value is -2.13. The quantitative estimate of drug-likeness (QED) is 0.775. The lowest BCUT2D eigenvalue weighted by Crippen LogP contribution is -2.02. The standard InChI is InChI=1S/C16H14ClN3/c1-2-18-16-14-6-4-3-5-13(14)15(19-20-16)11-7-9-12(17)10-8-11/h3-10H,2H2,1H3,(H,18,20). The monoisotopic (exact) mass is 283 g/mol. The van der Waals surface area contributed by atoms with E-state index in [1.54, 1.807) is 0 Å². The van der Waals surface area contributed by atoms with Gasteiger partial charge in [-0.2, -0.15) is 0 Å². The molecule has 1 aromatic heterocycles. The Morgan fingerprint density at radius 2 is 1.65 bits per heavy atom. The van der Waals surface area contributed by atoms with Crippen LogP contribution in [-0.4, -0.2) is 16.7 Å². The van der Waals surface area contributed by atoms with Crippen molar-refractivity contribution in [2.24, 2.45) is 0 Å². The Balaban J connectivity index is 2.22. The van der Waals surface area contributed by atoms with Gasteiger partial charge in [0.1, 0.15) is 5.69 Å². The summed E-state index contributed by atoms with van der Waals surface area (Å²) >= 11 is 5.94. The highest BCUT2D eigenvalue weighted by Gasteiger charge is 2.09. The van der Waals surface area contributed by atoms with Crippen molar-refractivity contribution < 1.29 is 0 Å². The van der Waals surface area contributed by atoms with Crippen LogP contribution in [0.4, 0.5) is 5.82 Å². The first-order valence-electron chi connectivity index (χ1n) is 6.55. The number of hydrogen-bond acceptors (Lipinski definition) is 3. The minimum absolute atomic E-state index is 0.718. The van der Waals surface area contributed by atoms with E-state index in [0.29, 0.717) is 0 Å². The molecule has 0 aliphatic carbocycles. The van der Waals surface area contributed by atoms with Gasteiger partial charge in [-0.15, -0.1) is 10.2 Å². The van der Waals surface area contributed by atoms with E-state index in [2.05, 4.69) is 27.6 Å². The van der Waals surface area contributed by atoms with Crippen molar-refractivity contribution in [3.05, 3.63) is 53.6 Å². The zero-order chi connectivity index (χ0) is 13.9. The van der Waals surface area contributed by atoms with Crippen LogP contribution in [0.3, 0.4) is 0 Å². The fourth-order valence-corrected chi connectivity index (χ4v) is 2.35. The Kier molecular flexibility index (Phi) is 3.52. The molecule has 0 amide bonds. The maximum Gasteiger partial charge on any atom is 0.156 e. The van der Waals surface area contributed by atoms with Crippen molar-refractivity contribution >= 4 is 28.2 Å². The number of aromatic nitrogens is 2. The molecule has 0 bridgehead atoms. The van der Waals surface area contributed by atoms with Gasteiger partial charge in [-0.3, -0.25) is 0 Å². The average Bonchev–Trinajstić information content (AvgIpc) is 2.49. The summed E-state index contributed by atoms with van der Waals surface area (Å²) in [6.45, 7) is 2.86. The number of nitrogens with one attached hydrogen (secondary N) is 1. The Labute approximate surface area is 122 Å². The molecule has 3 aromatic rings. The lowest BCUT2D eigenvalue weighted by Gasteiger charge is -2.10. The molecule has 0 saturated heterocycles. The van der Waals surface area contributed by atoms with Crippen LogP contribution in [0, 0.1) is 0 Å². The third kappa shape index (κ3) is 2.32. The minimum Gasteiger partial charge on any atom is -0.368 e. The van der Waals surface area contributed by atoms with Gasteiger partial charge in [0.05, 0.1) is 0 Å². The van der Waals surface area contributed by atoms with Gasteiger partial charge in [0.25, 0.3) is 0 Å². The number of benzene rings is 2. The zero-order valence-electron chi connectivity index (χ0n) is 11.1. The van der Waals surface area contributed by atoms with E-state index in [1.165, 1.54) is 0 Å². The Bertz CT molecular complexity index is 738. The molecule has 1 heterocycles. The van der Waals surface area contributed by atoms with Crippen LogP contribution in [0.25, 0.3) is 22.0 Å². The SMILES string of the molecule is CCNc1nnc(-c2ccc(Cl)cc2)c2ccccc12. The molecule has 20 heavy (non-hydrogen) atoms. The van der Waals surface area contributed by atoms with Crippen LogP contribution in [0.2, 0.25) is 5.02 Å². The Morgan fingerprint density at radius 3 is 2.35 bits per heavy atom. The number of hydrogen-bond donors (Lipinski definition) is 1. The van der Waals surface area contributed by atoms with Gasteiger partial charge in [-0.25, -0.2) is 0 Å². The van der Waals surface area contributed by atoms with Gasteiger partial charge in [0.2, 0.25) is 0 Å². The summed E-state index contributed by atoms with van der Waals surface area (Å²) in [5.41, 5.74) is 1.89. The zero-order valence-corrected chi connectivity index (χ0v) is 11.9. The van der Waals surface area contributed by atoms with Crippen molar-refractivity contribution in [1.29, 1.82) is 0 Å². The molecule has 0 spiro atoms. The van der Waals surface area contributed by atoms with Gasteiger partial charge < -0.3 is 5.32 Å². The number of anilines is 1. The van der Waals surface area contributed by atoms with Gasteiger partial charge in [-0.1, -0.05) is 48.0 Å². The summed E-state index contributed by atoms with van der Waals surface area (Å²) in [6.07, 6.45) is 0. The molecular weight excluding hydrogens is 270 g/mol. The summed E-state index contributed by atoms with van der Waals surface area (Å²) in [6, 6.07) is 15.8. The molecule has 0 radical (unpaired) electrons. The van der Waals surface area contributed by atoms with E-state index in [9.17, 15) is 0 Å². The molecule has 0 aliphatic rings. The second-order valence-electron chi connectivity index (χ2n) is 4.48. The molecule has 0 unspecified atom stereocenters. The first kappa shape index (κ1) is 12.9. The topological polar surface area (TPSA) is 37.8 Å². The summed E-state index contributed by atoms with van der Waals surface area (Å²) in [5, 5.41) is 14.8. The Morgan fingerprint density at radius 1 is 0.950 bits per heavy atom. The van der Waals surface area contributed by atoms with Crippen LogP contribution >= 0.6 is 11.6 Å². The van der Waals surface area contributed by atoms with Crippen molar-refractivity contribution in [1.82, 2.24) is 10.2 Å². The third-order valence-corrected chi connectivity index (χ3v) is 3.40. The molecule has 1 N–H and O–H groups in total. The maximum absolute atomic E-state index is 5.94. The van der Waals surface area contributed by atoms with E-state index >= 15 is 0 Å². The highest BCUT2D eigenvalue weighted by atomic mass is 35.5. The molecule has 0 aliphatic heterocycles. The first-order valence-corrected chi connectivity index (χ1v) is 6.92. The van der Waals surface area contributed by atoms with Crippen molar-refractivity contribution in [2.45, 2.75) is 6.92 Å². The van der Waals surface area contributed by atoms with Crippen LogP contribution < -0.4 is 5.32 Å². The third-order valence-electron chi connectivity index (χ3n) is 3.15. The molecule has 2 aromatic carbocycles. The van der Waals surface area contributed by atoms with Crippen molar-refractivity contribution in [3.63, 3.8) is 0 Å². The van der Waals surface area contributed by atoms with E-state index in [-0.39, 0.29) is 0 Å². The van der Waals surface area contributed by atoms with Crippen LogP contribution in [0.1, 0.15) is 6.92 Å². The summed E-state index contributed by atoms with van der Waals surface area (Å²) < 4.78 is 0. The lowest BCUT2D eigenvalue weighted by molar-refractivity contribution is 1.03. The summed E-state index contributed by atoms with van der Waals surface area (Å²) in [4.78, 5) is 0. The minimum atomic E-state index is 0.718.